The van der Waals surface area contributed by atoms with Crippen molar-refractivity contribution < 1.29 is 41.7 Å². The molecule has 6 rings (SSSR count). The Hall–Kier alpha value is -2.48. The van der Waals surface area contributed by atoms with E-state index in [4.69, 9.17) is 18.9 Å². The van der Waals surface area contributed by atoms with Crippen LogP contribution >= 0.6 is 0 Å². The molecule has 1 aliphatic carbocycles. The van der Waals surface area contributed by atoms with Gasteiger partial charge in [-0.2, -0.15) is 13.2 Å². The largest absolute Gasteiger partial charge is 0.449 e. The van der Waals surface area contributed by atoms with Gasteiger partial charge in [0.2, 0.25) is 5.91 Å². The Bertz CT molecular complexity index is 1200. The number of nitrogens with zero attached hydrogens (tertiary/aromatic N) is 3. The Morgan fingerprint density at radius 2 is 1.95 bits per heavy atom. The van der Waals surface area contributed by atoms with Crippen LogP contribution in [0.2, 0.25) is 0 Å². The van der Waals surface area contributed by atoms with E-state index in [0.717, 1.165) is 51.2 Å². The van der Waals surface area contributed by atoms with E-state index < -0.39 is 23.2 Å². The van der Waals surface area contributed by atoms with Crippen LogP contribution in [0.5, 0.6) is 0 Å². The Balaban J connectivity index is 1.17. The molecule has 2 amide bonds. The van der Waals surface area contributed by atoms with Gasteiger partial charge >= 0.3 is 12.3 Å². The van der Waals surface area contributed by atoms with Crippen molar-refractivity contribution in [2.45, 2.75) is 75.9 Å². The topological polar surface area (TPSA) is 102 Å². The summed E-state index contributed by atoms with van der Waals surface area (Å²) in [7, 11) is 1.67. The van der Waals surface area contributed by atoms with Crippen molar-refractivity contribution in [3.63, 3.8) is 0 Å². The molecule has 5 heterocycles. The Morgan fingerprint density at radius 1 is 1.16 bits per heavy atom. The van der Waals surface area contributed by atoms with E-state index in [1.807, 2.05) is 0 Å². The van der Waals surface area contributed by atoms with E-state index >= 15 is 0 Å². The molecule has 44 heavy (non-hydrogen) atoms. The minimum atomic E-state index is -4.51. The molecule has 0 bridgehead atoms. The number of hydrogen-bond acceptors (Lipinski definition) is 8. The quantitative estimate of drug-likeness (QED) is 0.493. The Labute approximate surface area is 255 Å². The zero-order valence-electron chi connectivity index (χ0n) is 25.3. The first-order valence-corrected chi connectivity index (χ1v) is 15.9. The third-order valence-corrected chi connectivity index (χ3v) is 10.4. The standard InChI is InChI=1S/C31H43F3N4O6/c1-41-27-18-43-10-6-26(27)36-24-13-23-17-38(29(40)44-11-5-20-3-8-42-9-4-20)19-30(23,14-24)28(39)37-7-2-25-21(16-37)12-22(15-35-25)31(32,33)34/h12,15,20,23-24,26-27,36H,2-11,13-14,16-19H2,1H3/t23-,24+,26?,27?,30-/m0/s1. The van der Waals surface area contributed by atoms with Gasteiger partial charge in [-0.1, -0.05) is 0 Å². The number of aromatic nitrogens is 1. The van der Waals surface area contributed by atoms with Gasteiger partial charge in [0.15, 0.2) is 0 Å². The highest BCUT2D eigenvalue weighted by Gasteiger charge is 2.60. The maximum atomic E-state index is 14.5. The van der Waals surface area contributed by atoms with E-state index in [0.29, 0.717) is 69.3 Å². The van der Waals surface area contributed by atoms with Gasteiger partial charge < -0.3 is 34.1 Å². The number of rotatable bonds is 7. The molecular weight excluding hydrogens is 581 g/mol. The van der Waals surface area contributed by atoms with Gasteiger partial charge in [-0.15, -0.1) is 0 Å². The van der Waals surface area contributed by atoms with Crippen LogP contribution < -0.4 is 5.32 Å². The summed E-state index contributed by atoms with van der Waals surface area (Å²) in [6.45, 7) is 4.02. The van der Waals surface area contributed by atoms with Crippen molar-refractivity contribution in [1.29, 1.82) is 0 Å². The third-order valence-electron chi connectivity index (χ3n) is 10.4. The summed E-state index contributed by atoms with van der Waals surface area (Å²) in [6, 6.07) is 1.24. The second-order valence-corrected chi connectivity index (χ2v) is 13.0. The maximum absolute atomic E-state index is 14.5. The molecule has 5 atom stereocenters. The molecule has 13 heteroatoms. The van der Waals surface area contributed by atoms with Gasteiger partial charge in [0, 0.05) is 83.5 Å². The second kappa shape index (κ2) is 13.1. The first-order valence-electron chi connectivity index (χ1n) is 15.9. The van der Waals surface area contributed by atoms with Crippen molar-refractivity contribution in [1.82, 2.24) is 20.1 Å². The van der Waals surface area contributed by atoms with Crippen LogP contribution in [0, 0.1) is 17.3 Å². The van der Waals surface area contributed by atoms with Crippen LogP contribution in [-0.2, 0) is 42.9 Å². The molecule has 3 saturated heterocycles. The zero-order valence-corrected chi connectivity index (χ0v) is 25.3. The predicted molar refractivity (Wildman–Crippen MR) is 152 cm³/mol. The monoisotopic (exact) mass is 624 g/mol. The molecule has 1 aromatic rings. The number of alkyl halides is 3. The van der Waals surface area contributed by atoms with Crippen LogP contribution in [0.1, 0.15) is 55.3 Å². The first-order chi connectivity index (χ1) is 21.2. The lowest BCUT2D eigenvalue weighted by molar-refractivity contribution is -0.143. The fraction of sp³-hybridized carbons (Fsp3) is 0.774. The Morgan fingerprint density at radius 3 is 2.73 bits per heavy atom. The Kier molecular flexibility index (Phi) is 9.37. The third kappa shape index (κ3) is 6.56. The van der Waals surface area contributed by atoms with Gasteiger partial charge in [0.05, 0.1) is 30.3 Å². The van der Waals surface area contributed by atoms with Crippen LogP contribution in [0.4, 0.5) is 18.0 Å². The lowest BCUT2D eigenvalue weighted by atomic mass is 9.78. The lowest BCUT2D eigenvalue weighted by Gasteiger charge is -2.37. The van der Waals surface area contributed by atoms with Crippen molar-refractivity contribution in [2.75, 3.05) is 59.8 Å². The number of fused-ring (bicyclic) bond motifs is 2. The van der Waals surface area contributed by atoms with E-state index in [9.17, 15) is 22.8 Å². The molecule has 1 N–H and O–H groups in total. The van der Waals surface area contributed by atoms with E-state index in [1.165, 1.54) is 0 Å². The number of hydrogen-bond donors (Lipinski definition) is 1. The molecule has 1 saturated carbocycles. The van der Waals surface area contributed by atoms with Crippen LogP contribution in [0.3, 0.4) is 0 Å². The molecule has 0 radical (unpaired) electrons. The van der Waals surface area contributed by atoms with Crippen molar-refractivity contribution in [3.8, 4) is 0 Å². The minimum absolute atomic E-state index is 0.0342. The van der Waals surface area contributed by atoms with Gasteiger partial charge in [-0.25, -0.2) is 4.79 Å². The normalized spacial score (nSPS) is 31.1. The van der Waals surface area contributed by atoms with E-state index in [2.05, 4.69) is 10.3 Å². The van der Waals surface area contributed by atoms with Crippen LogP contribution in [-0.4, -0.2) is 105 Å². The average Bonchev–Trinajstić information content (AvgIpc) is 3.55. The number of nitrogens with one attached hydrogen (secondary N) is 1. The average molecular weight is 625 g/mol. The summed E-state index contributed by atoms with van der Waals surface area (Å²) in [4.78, 5) is 35.1. The van der Waals surface area contributed by atoms with Crippen LogP contribution in [0.15, 0.2) is 12.3 Å². The van der Waals surface area contributed by atoms with Crippen molar-refractivity contribution in [2.24, 2.45) is 17.3 Å². The molecule has 10 nitrogen and oxygen atoms in total. The predicted octanol–water partition coefficient (Wildman–Crippen LogP) is 3.41. The lowest BCUT2D eigenvalue weighted by Crippen LogP contribution is -2.52. The van der Waals surface area contributed by atoms with E-state index in [1.54, 1.807) is 16.9 Å². The summed E-state index contributed by atoms with van der Waals surface area (Å²) in [5.74, 6) is 0.268. The number of pyridine rings is 1. The number of amides is 2. The minimum Gasteiger partial charge on any atom is -0.449 e. The SMILES string of the molecule is COC1COCCC1N[C@@H]1C[C@H]2CN(C(=O)OCCC3CCOCC3)C[C@@]2(C(=O)N2CCc3ncc(C(F)(F)F)cc3C2)C1. The molecule has 0 aromatic carbocycles. The molecule has 244 valence electrons. The van der Waals surface area contributed by atoms with Crippen LogP contribution in [0.25, 0.3) is 0 Å². The number of carbonyl (C=O) groups excluding carboxylic acids is 2. The summed E-state index contributed by atoms with van der Waals surface area (Å²) < 4.78 is 62.7. The number of halogens is 3. The zero-order chi connectivity index (χ0) is 30.9. The summed E-state index contributed by atoms with van der Waals surface area (Å²) in [6.07, 6.45) is 0.985. The molecule has 5 aliphatic rings. The van der Waals surface area contributed by atoms with Crippen molar-refractivity contribution >= 4 is 12.0 Å². The fourth-order valence-corrected chi connectivity index (χ4v) is 7.91. The fourth-order valence-electron chi connectivity index (χ4n) is 7.91. The molecule has 2 unspecified atom stereocenters. The summed E-state index contributed by atoms with van der Waals surface area (Å²) in [5.41, 5.74) is -0.648. The second-order valence-electron chi connectivity index (χ2n) is 13.0. The molecular formula is C31H43F3N4O6. The number of ether oxygens (including phenoxy) is 4. The molecule has 4 fully saturated rings. The number of carbonyl (C=O) groups is 2. The van der Waals surface area contributed by atoms with Gasteiger partial charge in [-0.3, -0.25) is 9.78 Å². The smallest absolute Gasteiger partial charge is 0.417 e. The van der Waals surface area contributed by atoms with Crippen molar-refractivity contribution in [3.05, 3.63) is 29.1 Å². The highest BCUT2D eigenvalue weighted by atomic mass is 19.4. The number of methoxy groups -OCH3 is 1. The molecule has 4 aliphatic heterocycles. The highest BCUT2D eigenvalue weighted by molar-refractivity contribution is 5.86. The molecule has 1 aromatic heterocycles. The first kappa shape index (κ1) is 31.5. The maximum Gasteiger partial charge on any atom is 0.417 e. The highest BCUT2D eigenvalue weighted by Crippen LogP contribution is 2.51. The van der Waals surface area contributed by atoms with Gasteiger partial charge in [-0.05, 0) is 62.0 Å². The summed E-state index contributed by atoms with van der Waals surface area (Å²) >= 11 is 0. The number of likely N-dealkylation sites (tertiary alicyclic amines) is 1. The summed E-state index contributed by atoms with van der Waals surface area (Å²) in [5, 5.41) is 3.73. The van der Waals surface area contributed by atoms with Gasteiger partial charge in [0.1, 0.15) is 0 Å². The van der Waals surface area contributed by atoms with Gasteiger partial charge in [0.25, 0.3) is 0 Å². The van der Waals surface area contributed by atoms with E-state index in [-0.39, 0.29) is 43.1 Å². The molecule has 0 spiro atoms.